The number of aromatic nitrogens is 2. The summed E-state index contributed by atoms with van der Waals surface area (Å²) < 4.78 is 25.9. The van der Waals surface area contributed by atoms with Gasteiger partial charge in [-0.3, -0.25) is 9.78 Å². The van der Waals surface area contributed by atoms with Crippen LogP contribution in [0.1, 0.15) is 28.9 Å². The van der Waals surface area contributed by atoms with Crippen molar-refractivity contribution in [3.63, 3.8) is 0 Å². The highest BCUT2D eigenvalue weighted by Crippen LogP contribution is 2.33. The second-order valence-electron chi connectivity index (χ2n) is 6.92. The van der Waals surface area contributed by atoms with Crippen molar-refractivity contribution in [3.8, 4) is 11.4 Å². The predicted molar refractivity (Wildman–Crippen MR) is 125 cm³/mol. The van der Waals surface area contributed by atoms with Crippen LogP contribution in [0.2, 0.25) is 10.0 Å². The fourth-order valence-electron chi connectivity index (χ4n) is 3.40. The van der Waals surface area contributed by atoms with Crippen LogP contribution in [-0.2, 0) is 4.74 Å². The molecule has 4 rings (SSSR count). The average molecular weight is 509 g/mol. The van der Waals surface area contributed by atoms with Gasteiger partial charge in [0.1, 0.15) is 22.5 Å². The Kier molecular flexibility index (Phi) is 6.29. The van der Waals surface area contributed by atoms with Crippen molar-refractivity contribution < 1.29 is 18.7 Å². The molecule has 33 heavy (non-hydrogen) atoms. The van der Waals surface area contributed by atoms with Crippen LogP contribution in [0.4, 0.5) is 4.39 Å². The molecule has 0 fully saturated rings. The Bertz CT molecular complexity index is 1490. The minimum Gasteiger partial charge on any atom is -0.486 e. The highest BCUT2D eigenvalue weighted by Gasteiger charge is 2.22. The first-order chi connectivity index (χ1) is 15.7. The van der Waals surface area contributed by atoms with Gasteiger partial charge in [0.05, 0.1) is 23.7 Å². The standard InChI is InChI=1S/C22H15Cl2FN2O5S/c1-10(17-13(23)4-3-5-14(17)24)32-11-6-7-15(25)16(8-11)27-20(28)18-12(21(29)31-2)9-33-19(18)26-22(27)30/h3-10H,1-2H3,(H,26,30). The fraction of sp³-hybridized carbons (Fsp3) is 0.136. The highest BCUT2D eigenvalue weighted by atomic mass is 35.5. The Morgan fingerprint density at radius 3 is 2.55 bits per heavy atom. The van der Waals surface area contributed by atoms with E-state index >= 15 is 0 Å². The number of ether oxygens (including phenoxy) is 2. The number of nitrogens with zero attached hydrogens (tertiary/aromatic N) is 1. The monoisotopic (exact) mass is 508 g/mol. The molecule has 0 saturated carbocycles. The number of carbonyl (C=O) groups excluding carboxylic acids is 1. The van der Waals surface area contributed by atoms with E-state index in [1.165, 1.54) is 24.6 Å². The van der Waals surface area contributed by atoms with Crippen molar-refractivity contribution in [1.29, 1.82) is 0 Å². The van der Waals surface area contributed by atoms with Crippen LogP contribution in [0.15, 0.2) is 51.4 Å². The Morgan fingerprint density at radius 1 is 1.18 bits per heavy atom. The quantitative estimate of drug-likeness (QED) is 0.378. The van der Waals surface area contributed by atoms with Crippen LogP contribution >= 0.6 is 34.5 Å². The summed E-state index contributed by atoms with van der Waals surface area (Å²) in [5, 5.41) is 2.10. The number of hydrogen-bond acceptors (Lipinski definition) is 6. The van der Waals surface area contributed by atoms with Gasteiger partial charge in [-0.1, -0.05) is 29.3 Å². The van der Waals surface area contributed by atoms with Crippen molar-refractivity contribution in [2.45, 2.75) is 13.0 Å². The number of nitrogens with one attached hydrogen (secondary N) is 1. The molecular weight excluding hydrogens is 494 g/mol. The molecule has 170 valence electrons. The highest BCUT2D eigenvalue weighted by molar-refractivity contribution is 7.17. The molecule has 1 atom stereocenters. The summed E-state index contributed by atoms with van der Waals surface area (Å²) in [5.41, 5.74) is -1.58. The molecule has 2 aromatic heterocycles. The van der Waals surface area contributed by atoms with Crippen molar-refractivity contribution in [2.24, 2.45) is 0 Å². The maximum absolute atomic E-state index is 14.8. The van der Waals surface area contributed by atoms with Gasteiger partial charge >= 0.3 is 11.7 Å². The Balaban J connectivity index is 1.82. The molecule has 0 saturated heterocycles. The molecule has 2 heterocycles. The van der Waals surface area contributed by atoms with Gasteiger partial charge in [-0.25, -0.2) is 18.5 Å². The van der Waals surface area contributed by atoms with E-state index in [-0.39, 0.29) is 27.2 Å². The minimum atomic E-state index is -0.871. The fourth-order valence-corrected chi connectivity index (χ4v) is 5.01. The lowest BCUT2D eigenvalue weighted by molar-refractivity contribution is 0.0603. The van der Waals surface area contributed by atoms with E-state index in [2.05, 4.69) is 4.98 Å². The minimum absolute atomic E-state index is 0.0257. The van der Waals surface area contributed by atoms with Gasteiger partial charge in [-0.15, -0.1) is 11.3 Å². The van der Waals surface area contributed by atoms with E-state index in [9.17, 15) is 18.8 Å². The van der Waals surface area contributed by atoms with E-state index < -0.39 is 29.1 Å². The van der Waals surface area contributed by atoms with Gasteiger partial charge < -0.3 is 9.47 Å². The molecule has 0 aliphatic carbocycles. The number of methoxy groups -OCH3 is 1. The Hall–Kier alpha value is -3.14. The number of esters is 1. The molecule has 4 aromatic rings. The molecule has 11 heteroatoms. The number of carbonyl (C=O) groups is 1. The normalized spacial score (nSPS) is 12.0. The summed E-state index contributed by atoms with van der Waals surface area (Å²) in [7, 11) is 1.17. The molecular formula is C22H15Cl2FN2O5S. The summed E-state index contributed by atoms with van der Waals surface area (Å²) in [6, 6.07) is 8.64. The second kappa shape index (κ2) is 9.01. The van der Waals surface area contributed by atoms with Crippen molar-refractivity contribution in [3.05, 3.63) is 89.6 Å². The van der Waals surface area contributed by atoms with Gasteiger partial charge in [0, 0.05) is 27.1 Å². The molecule has 7 nitrogen and oxygen atoms in total. The maximum atomic E-state index is 14.8. The summed E-state index contributed by atoms with van der Waals surface area (Å²) in [6.45, 7) is 1.70. The smallest absolute Gasteiger partial charge is 0.339 e. The maximum Gasteiger partial charge on any atom is 0.339 e. The lowest BCUT2D eigenvalue weighted by atomic mass is 10.1. The molecule has 1 N–H and O–H groups in total. The van der Waals surface area contributed by atoms with Crippen molar-refractivity contribution >= 4 is 50.7 Å². The third kappa shape index (κ3) is 4.15. The van der Waals surface area contributed by atoms with Crippen molar-refractivity contribution in [1.82, 2.24) is 9.55 Å². The van der Waals surface area contributed by atoms with Crippen LogP contribution < -0.4 is 16.0 Å². The number of fused-ring (bicyclic) bond motifs is 1. The van der Waals surface area contributed by atoms with Crippen molar-refractivity contribution in [2.75, 3.05) is 7.11 Å². The first kappa shape index (κ1) is 23.0. The first-order valence-electron chi connectivity index (χ1n) is 9.48. The van der Waals surface area contributed by atoms with Gasteiger partial charge in [0.25, 0.3) is 5.56 Å². The Labute approximate surface area is 199 Å². The third-order valence-corrected chi connectivity index (χ3v) is 6.47. The second-order valence-corrected chi connectivity index (χ2v) is 8.62. The summed E-state index contributed by atoms with van der Waals surface area (Å²) in [6.07, 6.45) is -0.621. The van der Waals surface area contributed by atoms with Crippen LogP contribution in [0.3, 0.4) is 0 Å². The molecule has 2 aromatic carbocycles. The lowest BCUT2D eigenvalue weighted by Gasteiger charge is -2.18. The van der Waals surface area contributed by atoms with Crippen LogP contribution in [0.5, 0.6) is 5.75 Å². The molecule has 0 aliphatic heterocycles. The summed E-state index contributed by atoms with van der Waals surface area (Å²) in [4.78, 5) is 40.5. The summed E-state index contributed by atoms with van der Waals surface area (Å²) in [5.74, 6) is -1.42. The van der Waals surface area contributed by atoms with Crippen LogP contribution in [-0.4, -0.2) is 22.6 Å². The number of halogens is 3. The van der Waals surface area contributed by atoms with Gasteiger partial charge in [0.2, 0.25) is 0 Å². The van der Waals surface area contributed by atoms with E-state index in [1.807, 2.05) is 0 Å². The van der Waals surface area contributed by atoms with E-state index in [1.54, 1.807) is 25.1 Å². The first-order valence-corrected chi connectivity index (χ1v) is 11.1. The largest absolute Gasteiger partial charge is 0.486 e. The molecule has 0 aliphatic rings. The molecule has 0 radical (unpaired) electrons. The topological polar surface area (TPSA) is 90.4 Å². The number of benzene rings is 2. The molecule has 0 bridgehead atoms. The van der Waals surface area contributed by atoms with E-state index in [0.717, 1.165) is 17.4 Å². The van der Waals surface area contributed by atoms with E-state index in [4.69, 9.17) is 32.7 Å². The number of thiophene rings is 1. The van der Waals surface area contributed by atoms with Gasteiger partial charge in [0.15, 0.2) is 0 Å². The predicted octanol–water partition coefficient (Wildman–Crippen LogP) is 5.11. The molecule has 0 amide bonds. The third-order valence-electron chi connectivity index (χ3n) is 4.91. The number of rotatable bonds is 5. The zero-order valence-electron chi connectivity index (χ0n) is 17.1. The molecule has 0 spiro atoms. The number of aromatic amines is 1. The van der Waals surface area contributed by atoms with Crippen LogP contribution in [0.25, 0.3) is 15.9 Å². The number of H-pyrrole nitrogens is 1. The van der Waals surface area contributed by atoms with Crippen LogP contribution in [0, 0.1) is 5.82 Å². The number of hydrogen-bond donors (Lipinski definition) is 1. The summed E-state index contributed by atoms with van der Waals surface area (Å²) >= 11 is 13.5. The lowest BCUT2D eigenvalue weighted by Crippen LogP contribution is -2.34. The molecule has 1 unspecified atom stereocenters. The Morgan fingerprint density at radius 2 is 1.88 bits per heavy atom. The van der Waals surface area contributed by atoms with E-state index in [0.29, 0.717) is 20.2 Å². The SMILES string of the molecule is COC(=O)c1csc2[nH]c(=O)n(-c3cc(OC(C)c4c(Cl)cccc4Cl)ccc3F)c(=O)c12. The average Bonchev–Trinajstić information content (AvgIpc) is 3.19. The zero-order valence-corrected chi connectivity index (χ0v) is 19.5. The zero-order chi connectivity index (χ0) is 23.9. The van der Waals surface area contributed by atoms with Gasteiger partial charge in [-0.05, 0) is 31.2 Å². The van der Waals surface area contributed by atoms with Gasteiger partial charge in [-0.2, -0.15) is 0 Å².